The quantitative estimate of drug-likeness (QED) is 0.761. The standard InChI is InChI=1S/C20H25N5O2/c26-20(18-8-7-15-5-1-2-6-17(15)27-18)22-10-9-21-19-13-16(14-23-24-19)25-11-3-4-12-25/h1-2,5-6,13-14,18H,3-4,7-12H2,(H,21,24)(H,22,26). The van der Waals surface area contributed by atoms with Crippen LogP contribution in [0, 0.1) is 0 Å². The zero-order valence-electron chi connectivity index (χ0n) is 15.4. The van der Waals surface area contributed by atoms with E-state index in [2.05, 4.69) is 25.7 Å². The summed E-state index contributed by atoms with van der Waals surface area (Å²) in [7, 11) is 0. The number of hydrogen-bond donors (Lipinski definition) is 2. The molecule has 4 rings (SSSR count). The van der Waals surface area contributed by atoms with Gasteiger partial charge in [-0.2, -0.15) is 5.10 Å². The highest BCUT2D eigenvalue weighted by molar-refractivity contribution is 5.81. The third-order valence-electron chi connectivity index (χ3n) is 5.05. The van der Waals surface area contributed by atoms with Gasteiger partial charge in [-0.1, -0.05) is 18.2 Å². The molecule has 1 aromatic heterocycles. The van der Waals surface area contributed by atoms with E-state index < -0.39 is 6.10 Å². The van der Waals surface area contributed by atoms with Crippen LogP contribution in [0.3, 0.4) is 0 Å². The molecule has 0 radical (unpaired) electrons. The average molecular weight is 367 g/mol. The normalized spacial score (nSPS) is 18.5. The minimum absolute atomic E-state index is 0.0665. The molecule has 1 aromatic carbocycles. The van der Waals surface area contributed by atoms with Crippen molar-refractivity contribution in [3.05, 3.63) is 42.1 Å². The van der Waals surface area contributed by atoms with Gasteiger partial charge in [0.2, 0.25) is 0 Å². The van der Waals surface area contributed by atoms with Gasteiger partial charge in [-0.25, -0.2) is 0 Å². The van der Waals surface area contributed by atoms with E-state index in [0.29, 0.717) is 19.5 Å². The number of hydrogen-bond acceptors (Lipinski definition) is 6. The van der Waals surface area contributed by atoms with E-state index in [1.54, 1.807) is 6.20 Å². The van der Waals surface area contributed by atoms with Gasteiger partial charge in [0.1, 0.15) is 5.75 Å². The summed E-state index contributed by atoms with van der Waals surface area (Å²) in [5.74, 6) is 1.48. The van der Waals surface area contributed by atoms with Gasteiger partial charge < -0.3 is 20.3 Å². The number of anilines is 2. The number of nitrogens with zero attached hydrogens (tertiary/aromatic N) is 3. The number of carbonyl (C=O) groups is 1. The highest BCUT2D eigenvalue weighted by Gasteiger charge is 2.25. The van der Waals surface area contributed by atoms with Crippen LogP contribution < -0.4 is 20.3 Å². The van der Waals surface area contributed by atoms with Gasteiger partial charge in [-0.05, 0) is 37.3 Å². The molecule has 2 aliphatic rings. The highest BCUT2D eigenvalue weighted by atomic mass is 16.5. The maximum absolute atomic E-state index is 12.3. The summed E-state index contributed by atoms with van der Waals surface area (Å²) < 4.78 is 5.82. The largest absolute Gasteiger partial charge is 0.480 e. The fourth-order valence-corrected chi connectivity index (χ4v) is 3.59. The molecule has 3 heterocycles. The first-order valence-corrected chi connectivity index (χ1v) is 9.63. The Bertz CT molecular complexity index is 791. The SMILES string of the molecule is O=C(NCCNc1cc(N2CCCC2)cnn1)C1CCc2ccccc2O1. The molecule has 0 bridgehead atoms. The first kappa shape index (κ1) is 17.6. The average Bonchev–Trinajstić information content (AvgIpc) is 3.26. The zero-order chi connectivity index (χ0) is 18.5. The molecule has 2 aromatic rings. The lowest BCUT2D eigenvalue weighted by Crippen LogP contribution is -2.42. The predicted octanol–water partition coefficient (Wildman–Crippen LogP) is 2.00. The molecule has 1 unspecified atom stereocenters. The van der Waals surface area contributed by atoms with Gasteiger partial charge >= 0.3 is 0 Å². The van der Waals surface area contributed by atoms with Gasteiger partial charge in [0.25, 0.3) is 5.91 Å². The van der Waals surface area contributed by atoms with Crippen LogP contribution in [0.5, 0.6) is 5.75 Å². The van der Waals surface area contributed by atoms with Gasteiger partial charge in [0.15, 0.2) is 11.9 Å². The van der Waals surface area contributed by atoms with Crippen molar-refractivity contribution < 1.29 is 9.53 Å². The lowest BCUT2D eigenvalue weighted by molar-refractivity contribution is -0.128. The molecule has 0 aliphatic carbocycles. The summed E-state index contributed by atoms with van der Waals surface area (Å²) in [6.07, 6.45) is 5.41. The molecule has 7 nitrogen and oxygen atoms in total. The topological polar surface area (TPSA) is 79.4 Å². The third kappa shape index (κ3) is 4.30. The molecule has 0 spiro atoms. The Morgan fingerprint density at radius 3 is 2.96 bits per heavy atom. The number of aromatic nitrogens is 2. The van der Waals surface area contributed by atoms with Crippen LogP contribution in [-0.4, -0.2) is 48.4 Å². The Morgan fingerprint density at radius 1 is 1.22 bits per heavy atom. The molecule has 2 N–H and O–H groups in total. The first-order chi connectivity index (χ1) is 13.3. The Labute approximate surface area is 159 Å². The van der Waals surface area contributed by atoms with Crippen LogP contribution in [0.2, 0.25) is 0 Å². The minimum Gasteiger partial charge on any atom is -0.480 e. The molecular weight excluding hydrogens is 342 g/mol. The Morgan fingerprint density at radius 2 is 2.07 bits per heavy atom. The molecule has 1 saturated heterocycles. The second kappa shape index (κ2) is 8.24. The lowest BCUT2D eigenvalue weighted by Gasteiger charge is -2.25. The Kier molecular flexibility index (Phi) is 5.37. The molecular formula is C20H25N5O2. The first-order valence-electron chi connectivity index (χ1n) is 9.63. The maximum Gasteiger partial charge on any atom is 0.261 e. The summed E-state index contributed by atoms with van der Waals surface area (Å²) >= 11 is 0. The van der Waals surface area contributed by atoms with E-state index in [0.717, 1.165) is 36.8 Å². The molecule has 142 valence electrons. The van der Waals surface area contributed by atoms with Crippen LogP contribution in [0.25, 0.3) is 0 Å². The zero-order valence-corrected chi connectivity index (χ0v) is 15.4. The number of rotatable bonds is 6. The second-order valence-electron chi connectivity index (χ2n) is 6.96. The molecule has 1 atom stereocenters. The molecule has 2 aliphatic heterocycles. The molecule has 1 fully saturated rings. The molecule has 7 heteroatoms. The second-order valence-corrected chi connectivity index (χ2v) is 6.96. The van der Waals surface area contributed by atoms with Crippen molar-refractivity contribution in [2.24, 2.45) is 0 Å². The van der Waals surface area contributed by atoms with Crippen LogP contribution in [0.1, 0.15) is 24.8 Å². The summed E-state index contributed by atoms with van der Waals surface area (Å²) in [6, 6.07) is 9.91. The van der Waals surface area contributed by atoms with E-state index in [9.17, 15) is 4.79 Å². The smallest absolute Gasteiger partial charge is 0.261 e. The monoisotopic (exact) mass is 367 g/mol. The van der Waals surface area contributed by atoms with Crippen molar-refractivity contribution in [1.29, 1.82) is 0 Å². The van der Waals surface area contributed by atoms with Gasteiger partial charge in [-0.15, -0.1) is 5.10 Å². The number of fused-ring (bicyclic) bond motifs is 1. The summed E-state index contributed by atoms with van der Waals surface area (Å²) in [4.78, 5) is 14.7. The Hall–Kier alpha value is -2.83. The lowest BCUT2D eigenvalue weighted by atomic mass is 10.0. The predicted molar refractivity (Wildman–Crippen MR) is 104 cm³/mol. The summed E-state index contributed by atoms with van der Waals surface area (Å²) in [5.41, 5.74) is 2.27. The number of nitrogens with one attached hydrogen (secondary N) is 2. The summed E-state index contributed by atoms with van der Waals surface area (Å²) in [5, 5.41) is 14.4. The van der Waals surface area contributed by atoms with Crippen LogP contribution in [0.4, 0.5) is 11.5 Å². The van der Waals surface area contributed by atoms with E-state index in [-0.39, 0.29) is 5.91 Å². The fraction of sp³-hybridized carbons (Fsp3) is 0.450. The Balaban J connectivity index is 1.22. The van der Waals surface area contributed by atoms with Crippen LogP contribution in [0.15, 0.2) is 36.5 Å². The number of para-hydroxylation sites is 1. The number of ether oxygens (including phenoxy) is 1. The van der Waals surface area contributed by atoms with Crippen molar-refractivity contribution in [3.63, 3.8) is 0 Å². The van der Waals surface area contributed by atoms with Crippen molar-refractivity contribution in [2.75, 3.05) is 36.4 Å². The van der Waals surface area contributed by atoms with Crippen molar-refractivity contribution >= 4 is 17.4 Å². The molecule has 1 amide bonds. The highest BCUT2D eigenvalue weighted by Crippen LogP contribution is 2.27. The van der Waals surface area contributed by atoms with Gasteiger partial charge in [0.05, 0.1) is 11.9 Å². The number of amides is 1. The number of aryl methyl sites for hydroxylation is 1. The number of carbonyl (C=O) groups excluding carboxylic acids is 1. The van der Waals surface area contributed by atoms with Gasteiger partial charge in [-0.3, -0.25) is 4.79 Å². The van der Waals surface area contributed by atoms with Crippen LogP contribution in [-0.2, 0) is 11.2 Å². The minimum atomic E-state index is -0.418. The van der Waals surface area contributed by atoms with E-state index in [4.69, 9.17) is 4.74 Å². The number of benzene rings is 1. The fourth-order valence-electron chi connectivity index (χ4n) is 3.59. The van der Waals surface area contributed by atoms with E-state index >= 15 is 0 Å². The van der Waals surface area contributed by atoms with Crippen LogP contribution >= 0.6 is 0 Å². The van der Waals surface area contributed by atoms with Crippen molar-refractivity contribution in [3.8, 4) is 5.75 Å². The maximum atomic E-state index is 12.3. The van der Waals surface area contributed by atoms with Crippen molar-refractivity contribution in [1.82, 2.24) is 15.5 Å². The van der Waals surface area contributed by atoms with E-state index in [1.807, 2.05) is 30.3 Å². The third-order valence-corrected chi connectivity index (χ3v) is 5.05. The molecule has 0 saturated carbocycles. The van der Waals surface area contributed by atoms with Crippen molar-refractivity contribution in [2.45, 2.75) is 31.8 Å². The molecule has 27 heavy (non-hydrogen) atoms. The van der Waals surface area contributed by atoms with E-state index in [1.165, 1.54) is 18.4 Å². The van der Waals surface area contributed by atoms with Gasteiger partial charge in [0, 0.05) is 32.2 Å². The summed E-state index contributed by atoms with van der Waals surface area (Å²) in [6.45, 7) is 3.25.